The molecule has 0 aliphatic carbocycles. The third-order valence-corrected chi connectivity index (χ3v) is 7.41. The highest BCUT2D eigenvalue weighted by Gasteiger charge is 2.43. The van der Waals surface area contributed by atoms with Crippen LogP contribution in [-0.2, 0) is 0 Å². The van der Waals surface area contributed by atoms with Crippen LogP contribution < -0.4 is 15.0 Å². The summed E-state index contributed by atoms with van der Waals surface area (Å²) in [4.78, 5) is 6.90. The van der Waals surface area contributed by atoms with Gasteiger partial charge in [0.05, 0.1) is 36.3 Å². The number of pyridine rings is 1. The number of ether oxygens (including phenoxy) is 1. The van der Waals surface area contributed by atoms with Crippen LogP contribution in [0.3, 0.4) is 0 Å². The second-order valence-corrected chi connectivity index (χ2v) is 9.96. The first kappa shape index (κ1) is 24.1. The minimum Gasteiger partial charge on any atom is -0.495 e. The first-order chi connectivity index (χ1) is 17.3. The van der Waals surface area contributed by atoms with Crippen molar-refractivity contribution >= 4 is 23.0 Å². The summed E-state index contributed by atoms with van der Waals surface area (Å²) in [5, 5.41) is 4.23. The number of nitrogens with one attached hydrogen (secondary N) is 1. The van der Waals surface area contributed by atoms with Gasteiger partial charge in [-0.15, -0.1) is 0 Å². The lowest BCUT2D eigenvalue weighted by Gasteiger charge is -2.29. The summed E-state index contributed by atoms with van der Waals surface area (Å²) < 4.78 is 8.14. The van der Waals surface area contributed by atoms with E-state index < -0.39 is 0 Å². The summed E-state index contributed by atoms with van der Waals surface area (Å²) in [6, 6.07) is 20.7. The van der Waals surface area contributed by atoms with E-state index >= 15 is 0 Å². The van der Waals surface area contributed by atoms with Crippen molar-refractivity contribution in [2.45, 2.75) is 46.7 Å². The van der Waals surface area contributed by atoms with Crippen LogP contribution >= 0.6 is 12.2 Å². The molecule has 1 aliphatic heterocycles. The Balaban J connectivity index is 1.73. The van der Waals surface area contributed by atoms with Crippen molar-refractivity contribution in [1.29, 1.82) is 0 Å². The predicted octanol–water partition coefficient (Wildman–Crippen LogP) is 6.60. The number of aromatic nitrogens is 2. The smallest absolute Gasteiger partial charge is 0.174 e. The Morgan fingerprint density at radius 1 is 0.917 bits per heavy atom. The van der Waals surface area contributed by atoms with Gasteiger partial charge in [-0.05, 0) is 93.9 Å². The fourth-order valence-corrected chi connectivity index (χ4v) is 6.05. The Hall–Kier alpha value is -3.64. The molecule has 0 amide bonds. The molecule has 1 saturated heterocycles. The van der Waals surface area contributed by atoms with Crippen molar-refractivity contribution in [1.82, 2.24) is 14.9 Å². The first-order valence-corrected chi connectivity index (χ1v) is 12.6. The highest BCUT2D eigenvalue weighted by Crippen LogP contribution is 2.46. The van der Waals surface area contributed by atoms with Gasteiger partial charge in [-0.2, -0.15) is 0 Å². The summed E-state index contributed by atoms with van der Waals surface area (Å²) in [6.07, 6.45) is 1.84. The van der Waals surface area contributed by atoms with Crippen molar-refractivity contribution in [2.75, 3.05) is 12.0 Å². The standard InChI is InChI=1S/C30H32N4OS/c1-18-15-19(2)28(20(3)16-18)33-21(4)17-23(22(33)5)29-27(24-11-9-10-14-31-24)32-30(36)34(29)25-12-7-8-13-26(25)35-6/h7-17,27,29H,1-6H3,(H,32,36)/t27-,29-/m1/s1. The lowest BCUT2D eigenvalue weighted by atomic mass is 9.96. The molecule has 2 aromatic carbocycles. The molecule has 4 aromatic rings. The number of methoxy groups -OCH3 is 1. The summed E-state index contributed by atoms with van der Waals surface area (Å²) in [5.74, 6) is 0.785. The first-order valence-electron chi connectivity index (χ1n) is 12.2. The molecular weight excluding hydrogens is 464 g/mol. The second-order valence-electron chi connectivity index (χ2n) is 9.58. The minimum absolute atomic E-state index is 0.102. The van der Waals surface area contributed by atoms with Crippen molar-refractivity contribution < 1.29 is 4.74 Å². The number of rotatable bonds is 5. The zero-order valence-corrected chi connectivity index (χ0v) is 22.5. The molecule has 5 nitrogen and oxygen atoms in total. The molecule has 5 rings (SSSR count). The van der Waals surface area contributed by atoms with Crippen LogP contribution in [0.2, 0.25) is 0 Å². The molecule has 6 heteroatoms. The molecular formula is C30H32N4OS. The summed E-state index contributed by atoms with van der Waals surface area (Å²) in [5.41, 5.74) is 10.5. The molecule has 0 spiro atoms. The van der Waals surface area contributed by atoms with E-state index in [4.69, 9.17) is 21.9 Å². The van der Waals surface area contributed by atoms with Crippen LogP contribution in [0.5, 0.6) is 5.75 Å². The van der Waals surface area contributed by atoms with Crippen LogP contribution in [-0.4, -0.2) is 21.8 Å². The number of benzene rings is 2. The van der Waals surface area contributed by atoms with E-state index in [0.29, 0.717) is 5.11 Å². The molecule has 1 N–H and O–H groups in total. The molecule has 2 aromatic heterocycles. The monoisotopic (exact) mass is 496 g/mol. The molecule has 0 unspecified atom stereocenters. The Kier molecular flexibility index (Phi) is 6.31. The maximum atomic E-state index is 5.94. The maximum Gasteiger partial charge on any atom is 0.174 e. The number of thiocarbonyl (C=S) groups is 1. The van der Waals surface area contributed by atoms with Gasteiger partial charge >= 0.3 is 0 Å². The van der Waals surface area contributed by atoms with Crippen LogP contribution in [0, 0.1) is 34.6 Å². The number of aryl methyl sites for hydroxylation is 4. The minimum atomic E-state index is -0.113. The second kappa shape index (κ2) is 9.43. The Bertz CT molecular complexity index is 1420. The third-order valence-electron chi connectivity index (χ3n) is 7.09. The van der Waals surface area contributed by atoms with E-state index in [0.717, 1.165) is 17.1 Å². The maximum absolute atomic E-state index is 5.94. The highest BCUT2D eigenvalue weighted by molar-refractivity contribution is 7.80. The normalized spacial score (nSPS) is 17.4. The topological polar surface area (TPSA) is 42.3 Å². The zero-order valence-electron chi connectivity index (χ0n) is 21.7. The number of hydrogen-bond acceptors (Lipinski definition) is 3. The Morgan fingerprint density at radius 3 is 2.28 bits per heavy atom. The van der Waals surface area contributed by atoms with Gasteiger partial charge in [0, 0.05) is 17.6 Å². The van der Waals surface area contributed by atoms with Gasteiger partial charge < -0.3 is 19.5 Å². The van der Waals surface area contributed by atoms with E-state index in [1.807, 2.05) is 36.5 Å². The molecule has 184 valence electrons. The van der Waals surface area contributed by atoms with Crippen LogP contribution in [0.4, 0.5) is 5.69 Å². The Morgan fingerprint density at radius 2 is 1.61 bits per heavy atom. The summed E-state index contributed by atoms with van der Waals surface area (Å²) in [7, 11) is 1.70. The van der Waals surface area contributed by atoms with Crippen LogP contribution in [0.15, 0.2) is 66.9 Å². The number of anilines is 1. The van der Waals surface area contributed by atoms with Crippen LogP contribution in [0.25, 0.3) is 5.69 Å². The van der Waals surface area contributed by atoms with Crippen molar-refractivity contribution in [3.8, 4) is 11.4 Å². The van der Waals surface area contributed by atoms with Crippen molar-refractivity contribution in [3.63, 3.8) is 0 Å². The highest BCUT2D eigenvalue weighted by atomic mass is 32.1. The number of nitrogens with zero attached hydrogens (tertiary/aromatic N) is 3. The predicted molar refractivity (Wildman–Crippen MR) is 150 cm³/mol. The van der Waals surface area contributed by atoms with Gasteiger partial charge in [0.25, 0.3) is 0 Å². The van der Waals surface area contributed by atoms with E-state index in [2.05, 4.69) is 79.7 Å². The van der Waals surface area contributed by atoms with Gasteiger partial charge in [-0.3, -0.25) is 4.98 Å². The third kappa shape index (κ3) is 3.95. The Labute approximate surface area is 218 Å². The van der Waals surface area contributed by atoms with Gasteiger partial charge in [0.1, 0.15) is 5.75 Å². The van der Waals surface area contributed by atoms with E-state index in [-0.39, 0.29) is 12.1 Å². The fourth-order valence-electron chi connectivity index (χ4n) is 5.72. The largest absolute Gasteiger partial charge is 0.495 e. The van der Waals surface area contributed by atoms with E-state index in [1.165, 1.54) is 39.3 Å². The summed E-state index contributed by atoms with van der Waals surface area (Å²) in [6.45, 7) is 10.9. The average Bonchev–Trinajstić information content (AvgIpc) is 3.34. The lowest BCUT2D eigenvalue weighted by molar-refractivity contribution is 0.414. The molecule has 0 saturated carbocycles. The zero-order chi connectivity index (χ0) is 25.6. The molecule has 36 heavy (non-hydrogen) atoms. The van der Waals surface area contributed by atoms with Gasteiger partial charge in [0.15, 0.2) is 5.11 Å². The fraction of sp³-hybridized carbons (Fsp3) is 0.267. The van der Waals surface area contributed by atoms with Crippen molar-refractivity contribution in [3.05, 3.63) is 106 Å². The van der Waals surface area contributed by atoms with Crippen LogP contribution in [0.1, 0.15) is 51.4 Å². The van der Waals surface area contributed by atoms with Gasteiger partial charge in [0.2, 0.25) is 0 Å². The summed E-state index contributed by atoms with van der Waals surface area (Å²) >= 11 is 5.94. The molecule has 3 heterocycles. The van der Waals surface area contributed by atoms with Gasteiger partial charge in [-0.1, -0.05) is 35.9 Å². The van der Waals surface area contributed by atoms with E-state index in [9.17, 15) is 0 Å². The molecule has 2 atom stereocenters. The number of hydrogen-bond donors (Lipinski definition) is 1. The number of para-hydroxylation sites is 2. The van der Waals surface area contributed by atoms with Crippen molar-refractivity contribution in [2.24, 2.45) is 0 Å². The molecule has 1 aliphatic rings. The molecule has 0 radical (unpaired) electrons. The van der Waals surface area contributed by atoms with Gasteiger partial charge in [-0.25, -0.2) is 0 Å². The quantitative estimate of drug-likeness (QED) is 0.315. The average molecular weight is 497 g/mol. The lowest BCUT2D eigenvalue weighted by Crippen LogP contribution is -2.30. The van der Waals surface area contributed by atoms with E-state index in [1.54, 1.807) is 7.11 Å². The SMILES string of the molecule is COc1ccccc1N1C(=S)N[C@H](c2ccccn2)[C@H]1c1cc(C)n(-c2c(C)cc(C)cc2C)c1C. The molecule has 1 fully saturated rings. The molecule has 0 bridgehead atoms.